The van der Waals surface area contributed by atoms with Gasteiger partial charge in [0.15, 0.2) is 0 Å². The maximum atomic E-state index is 12.0. The first-order chi connectivity index (χ1) is 15.7. The third-order valence-electron chi connectivity index (χ3n) is 4.71. The summed E-state index contributed by atoms with van der Waals surface area (Å²) in [6, 6.07) is 14.1. The highest BCUT2D eigenvalue weighted by Gasteiger charge is 2.25. The maximum Gasteiger partial charge on any atom is 0.410 e. The van der Waals surface area contributed by atoms with Crippen molar-refractivity contribution in [1.82, 2.24) is 9.80 Å². The standard InChI is InChI=1S/C19H26N2O3.C8H6O/c1-5-16-7-6-8-17(15-16)23-14-13-20-9-11-21(12-10-20)18(22)24-19(2,3)4;1-2-7-4-3-5-8(9)6-7/h1,6-8,15H,9-14H2,2-4H3;1,3-6,9H. The second kappa shape index (κ2) is 12.4. The molecule has 0 unspecified atom stereocenters. The normalized spacial score (nSPS) is 13.7. The number of amides is 1. The SMILES string of the molecule is C#Cc1cccc(O)c1.C#Cc1cccc(OCCN2CCN(C(=O)OC(C)(C)C)CC2)c1. The molecule has 3 rings (SSSR count). The molecule has 0 spiro atoms. The van der Waals surface area contributed by atoms with Gasteiger partial charge in [-0.3, -0.25) is 4.90 Å². The molecule has 1 amide bonds. The first-order valence-corrected chi connectivity index (χ1v) is 10.9. The molecule has 6 heteroatoms. The van der Waals surface area contributed by atoms with Crippen LogP contribution in [0.3, 0.4) is 0 Å². The van der Waals surface area contributed by atoms with Crippen molar-refractivity contribution in [1.29, 1.82) is 0 Å². The van der Waals surface area contributed by atoms with Crippen LogP contribution in [0.15, 0.2) is 48.5 Å². The summed E-state index contributed by atoms with van der Waals surface area (Å²) in [6.45, 7) is 10.1. The molecular formula is C27H32N2O4. The van der Waals surface area contributed by atoms with Crippen LogP contribution in [0.25, 0.3) is 0 Å². The zero-order chi connectivity index (χ0) is 24.3. The molecule has 1 aliphatic heterocycles. The minimum atomic E-state index is -0.449. The van der Waals surface area contributed by atoms with Gasteiger partial charge < -0.3 is 19.5 Å². The Morgan fingerprint density at radius 1 is 1.00 bits per heavy atom. The quantitative estimate of drug-likeness (QED) is 0.717. The van der Waals surface area contributed by atoms with Crippen LogP contribution in [0, 0.1) is 24.7 Å². The number of ether oxygens (including phenoxy) is 2. The van der Waals surface area contributed by atoms with E-state index in [2.05, 4.69) is 16.7 Å². The fourth-order valence-electron chi connectivity index (χ4n) is 3.04. The van der Waals surface area contributed by atoms with Gasteiger partial charge in [0.1, 0.15) is 23.7 Å². The van der Waals surface area contributed by atoms with Crippen LogP contribution in [-0.4, -0.2) is 65.9 Å². The number of aromatic hydroxyl groups is 1. The third kappa shape index (κ3) is 9.60. The van der Waals surface area contributed by atoms with Crippen molar-refractivity contribution in [3.05, 3.63) is 59.7 Å². The molecule has 2 aromatic carbocycles. The molecule has 1 saturated heterocycles. The molecule has 0 aromatic heterocycles. The van der Waals surface area contributed by atoms with Gasteiger partial charge in [-0.1, -0.05) is 24.0 Å². The van der Waals surface area contributed by atoms with E-state index in [1.165, 1.54) is 0 Å². The highest BCUT2D eigenvalue weighted by Crippen LogP contribution is 2.14. The van der Waals surface area contributed by atoms with E-state index < -0.39 is 5.60 Å². The predicted molar refractivity (Wildman–Crippen MR) is 130 cm³/mol. The summed E-state index contributed by atoms with van der Waals surface area (Å²) in [5.74, 6) is 6.01. The molecule has 0 saturated carbocycles. The Morgan fingerprint density at radius 3 is 2.15 bits per heavy atom. The largest absolute Gasteiger partial charge is 0.508 e. The number of carbonyl (C=O) groups is 1. The molecular weight excluding hydrogens is 416 g/mol. The minimum Gasteiger partial charge on any atom is -0.508 e. The highest BCUT2D eigenvalue weighted by atomic mass is 16.6. The van der Waals surface area contributed by atoms with Crippen LogP contribution in [-0.2, 0) is 4.74 Å². The molecule has 2 aromatic rings. The van der Waals surface area contributed by atoms with Crippen molar-refractivity contribution in [3.8, 4) is 36.2 Å². The molecule has 1 heterocycles. The predicted octanol–water partition coefficient (Wildman–Crippen LogP) is 3.97. The average molecular weight is 449 g/mol. The number of hydrogen-bond acceptors (Lipinski definition) is 5. The summed E-state index contributed by atoms with van der Waals surface area (Å²) < 4.78 is 11.1. The van der Waals surface area contributed by atoms with E-state index in [1.807, 2.05) is 45.0 Å². The third-order valence-corrected chi connectivity index (χ3v) is 4.71. The van der Waals surface area contributed by atoms with Crippen LogP contribution in [0.5, 0.6) is 11.5 Å². The number of hydrogen-bond donors (Lipinski definition) is 1. The van der Waals surface area contributed by atoms with Crippen molar-refractivity contribution < 1.29 is 19.4 Å². The second-order valence-electron chi connectivity index (χ2n) is 8.52. The summed E-state index contributed by atoms with van der Waals surface area (Å²) >= 11 is 0. The number of phenols is 1. The number of benzene rings is 2. The fraction of sp³-hybridized carbons (Fsp3) is 0.370. The van der Waals surface area contributed by atoms with Crippen molar-refractivity contribution in [2.75, 3.05) is 39.3 Å². The fourth-order valence-corrected chi connectivity index (χ4v) is 3.04. The Bertz CT molecular complexity index is 990. The molecule has 1 N–H and O–H groups in total. The van der Waals surface area contributed by atoms with Gasteiger partial charge in [-0.2, -0.15) is 0 Å². The Morgan fingerprint density at radius 2 is 1.61 bits per heavy atom. The van der Waals surface area contributed by atoms with Crippen molar-refractivity contribution in [2.24, 2.45) is 0 Å². The van der Waals surface area contributed by atoms with Crippen LogP contribution in [0.4, 0.5) is 4.79 Å². The van der Waals surface area contributed by atoms with Crippen LogP contribution in [0.1, 0.15) is 31.9 Å². The summed E-state index contributed by atoms with van der Waals surface area (Å²) in [7, 11) is 0. The van der Waals surface area contributed by atoms with Crippen LogP contribution >= 0.6 is 0 Å². The van der Waals surface area contributed by atoms with Gasteiger partial charge in [0.2, 0.25) is 0 Å². The van der Waals surface area contributed by atoms with Gasteiger partial charge in [0.05, 0.1) is 0 Å². The topological polar surface area (TPSA) is 62.2 Å². The number of phenolic OH excluding ortho intramolecular Hbond substituents is 1. The lowest BCUT2D eigenvalue weighted by Gasteiger charge is -2.35. The summed E-state index contributed by atoms with van der Waals surface area (Å²) in [5.41, 5.74) is 1.07. The Kier molecular flexibility index (Phi) is 9.66. The number of nitrogens with zero attached hydrogens (tertiary/aromatic N) is 2. The molecule has 0 bridgehead atoms. The molecule has 1 fully saturated rings. The second-order valence-corrected chi connectivity index (χ2v) is 8.52. The van der Waals surface area contributed by atoms with Gasteiger partial charge in [-0.25, -0.2) is 4.79 Å². The van der Waals surface area contributed by atoms with Gasteiger partial charge in [-0.15, -0.1) is 12.8 Å². The van der Waals surface area contributed by atoms with Crippen LogP contribution < -0.4 is 4.74 Å². The summed E-state index contributed by atoms with van der Waals surface area (Å²) in [5, 5.41) is 8.85. The molecule has 6 nitrogen and oxygen atoms in total. The number of rotatable bonds is 4. The Hall–Kier alpha value is -3.61. The lowest BCUT2D eigenvalue weighted by molar-refractivity contribution is 0.0137. The zero-order valence-electron chi connectivity index (χ0n) is 19.6. The highest BCUT2D eigenvalue weighted by molar-refractivity contribution is 5.68. The molecule has 174 valence electrons. The summed E-state index contributed by atoms with van der Waals surface area (Å²) in [6.07, 6.45) is 10.2. The smallest absolute Gasteiger partial charge is 0.410 e. The number of terminal acetylenes is 2. The minimum absolute atomic E-state index is 0.213. The maximum absolute atomic E-state index is 12.0. The summed E-state index contributed by atoms with van der Waals surface area (Å²) in [4.78, 5) is 16.1. The zero-order valence-corrected chi connectivity index (χ0v) is 19.6. The van der Waals surface area contributed by atoms with Crippen molar-refractivity contribution >= 4 is 6.09 Å². The molecule has 33 heavy (non-hydrogen) atoms. The lowest BCUT2D eigenvalue weighted by Crippen LogP contribution is -2.50. The van der Waals surface area contributed by atoms with E-state index >= 15 is 0 Å². The van der Waals surface area contributed by atoms with Gasteiger partial charge in [0, 0.05) is 43.9 Å². The first-order valence-electron chi connectivity index (χ1n) is 10.9. The van der Waals surface area contributed by atoms with Crippen molar-refractivity contribution in [2.45, 2.75) is 26.4 Å². The monoisotopic (exact) mass is 448 g/mol. The van der Waals surface area contributed by atoms with Gasteiger partial charge >= 0.3 is 6.09 Å². The van der Waals surface area contributed by atoms with Gasteiger partial charge in [-0.05, 0) is 57.2 Å². The van der Waals surface area contributed by atoms with E-state index in [-0.39, 0.29) is 11.8 Å². The van der Waals surface area contributed by atoms with E-state index in [9.17, 15) is 4.79 Å². The average Bonchev–Trinajstić information content (AvgIpc) is 2.79. The Balaban J connectivity index is 0.000000357. The number of piperazine rings is 1. The molecule has 1 aliphatic rings. The van der Waals surface area contributed by atoms with Gasteiger partial charge in [0.25, 0.3) is 0 Å². The number of carbonyl (C=O) groups excluding carboxylic acids is 1. The van der Waals surface area contributed by atoms with E-state index in [1.54, 1.807) is 29.2 Å². The first kappa shape index (κ1) is 25.6. The molecule has 0 atom stereocenters. The van der Waals surface area contributed by atoms with E-state index in [0.29, 0.717) is 25.3 Å². The molecule has 0 aliphatic carbocycles. The lowest BCUT2D eigenvalue weighted by atomic mass is 10.2. The van der Waals surface area contributed by atoms with E-state index in [4.69, 9.17) is 27.4 Å². The van der Waals surface area contributed by atoms with Crippen LogP contribution in [0.2, 0.25) is 0 Å². The van der Waals surface area contributed by atoms with E-state index in [0.717, 1.165) is 30.9 Å². The van der Waals surface area contributed by atoms with Crippen molar-refractivity contribution in [3.63, 3.8) is 0 Å². The Labute approximate surface area is 197 Å². The molecule has 0 radical (unpaired) electrons.